The maximum absolute atomic E-state index is 11.3. The van der Waals surface area contributed by atoms with Crippen molar-refractivity contribution < 1.29 is 4.79 Å². The molecule has 0 amide bonds. The van der Waals surface area contributed by atoms with Gasteiger partial charge in [-0.1, -0.05) is 25.1 Å². The molecule has 0 fully saturated rings. The number of hydrogen-bond acceptors (Lipinski definition) is 2. The first-order chi connectivity index (χ1) is 6.57. The van der Waals surface area contributed by atoms with E-state index >= 15 is 0 Å². The van der Waals surface area contributed by atoms with Crippen LogP contribution in [0, 0.1) is 6.92 Å². The van der Waals surface area contributed by atoms with Crippen molar-refractivity contribution in [2.45, 2.75) is 26.7 Å². The Morgan fingerprint density at radius 3 is 2.57 bits per heavy atom. The molecule has 0 bridgehead atoms. The SMILES string of the molecule is CNc1c(C)cccc1C(C)C(C)=O. The van der Waals surface area contributed by atoms with Crippen LogP contribution in [-0.2, 0) is 4.79 Å². The highest BCUT2D eigenvalue weighted by Crippen LogP contribution is 2.27. The molecule has 0 radical (unpaired) electrons. The molecule has 0 spiro atoms. The summed E-state index contributed by atoms with van der Waals surface area (Å²) in [5, 5.41) is 3.15. The number of aryl methyl sites for hydroxylation is 1. The van der Waals surface area contributed by atoms with E-state index in [1.54, 1.807) is 6.92 Å². The molecule has 1 aromatic carbocycles. The fraction of sp³-hybridized carbons (Fsp3) is 0.417. The van der Waals surface area contributed by atoms with E-state index in [4.69, 9.17) is 0 Å². The minimum atomic E-state index is -0.0302. The van der Waals surface area contributed by atoms with Gasteiger partial charge in [-0.25, -0.2) is 0 Å². The molecule has 1 aromatic rings. The summed E-state index contributed by atoms with van der Waals surface area (Å²) in [5.74, 6) is 0.171. The monoisotopic (exact) mass is 191 g/mol. The third-order valence-electron chi connectivity index (χ3n) is 2.63. The number of anilines is 1. The van der Waals surface area contributed by atoms with Crippen molar-refractivity contribution in [3.05, 3.63) is 29.3 Å². The number of carbonyl (C=O) groups is 1. The molecule has 0 aliphatic heterocycles. The van der Waals surface area contributed by atoms with Gasteiger partial charge in [0.15, 0.2) is 0 Å². The Balaban J connectivity index is 3.20. The normalized spacial score (nSPS) is 12.3. The minimum Gasteiger partial charge on any atom is -0.388 e. The second-order valence-corrected chi connectivity index (χ2v) is 3.62. The number of nitrogens with one attached hydrogen (secondary N) is 1. The zero-order chi connectivity index (χ0) is 10.7. The zero-order valence-corrected chi connectivity index (χ0v) is 9.22. The molecule has 0 saturated carbocycles. The molecule has 14 heavy (non-hydrogen) atoms. The van der Waals surface area contributed by atoms with Gasteiger partial charge < -0.3 is 5.32 Å². The highest BCUT2D eigenvalue weighted by molar-refractivity contribution is 5.85. The Morgan fingerprint density at radius 2 is 2.07 bits per heavy atom. The summed E-state index contributed by atoms with van der Waals surface area (Å²) in [6.07, 6.45) is 0. The van der Waals surface area contributed by atoms with Crippen molar-refractivity contribution in [3.63, 3.8) is 0 Å². The molecular formula is C12H17NO. The van der Waals surface area contributed by atoms with Gasteiger partial charge >= 0.3 is 0 Å². The quantitative estimate of drug-likeness (QED) is 0.796. The van der Waals surface area contributed by atoms with E-state index in [9.17, 15) is 4.79 Å². The van der Waals surface area contributed by atoms with Gasteiger partial charge in [-0.2, -0.15) is 0 Å². The summed E-state index contributed by atoms with van der Waals surface area (Å²) in [5.41, 5.74) is 3.34. The van der Waals surface area contributed by atoms with Crippen LogP contribution in [0.3, 0.4) is 0 Å². The predicted molar refractivity (Wildman–Crippen MR) is 59.8 cm³/mol. The molecule has 2 heteroatoms. The van der Waals surface area contributed by atoms with E-state index in [1.807, 2.05) is 39.1 Å². The minimum absolute atomic E-state index is 0.0302. The maximum atomic E-state index is 11.3. The number of benzene rings is 1. The first-order valence-electron chi connectivity index (χ1n) is 4.85. The molecule has 1 N–H and O–H groups in total. The highest BCUT2D eigenvalue weighted by Gasteiger charge is 2.14. The topological polar surface area (TPSA) is 29.1 Å². The number of hydrogen-bond donors (Lipinski definition) is 1. The van der Waals surface area contributed by atoms with Crippen molar-refractivity contribution in [2.24, 2.45) is 0 Å². The summed E-state index contributed by atoms with van der Waals surface area (Å²) in [4.78, 5) is 11.3. The fourth-order valence-corrected chi connectivity index (χ4v) is 1.61. The van der Waals surface area contributed by atoms with Crippen LogP contribution in [-0.4, -0.2) is 12.8 Å². The van der Waals surface area contributed by atoms with E-state index < -0.39 is 0 Å². The molecule has 0 heterocycles. The number of ketones is 1. The summed E-state index contributed by atoms with van der Waals surface area (Å²) in [7, 11) is 1.89. The third kappa shape index (κ3) is 1.95. The van der Waals surface area contributed by atoms with Crippen molar-refractivity contribution in [3.8, 4) is 0 Å². The van der Waals surface area contributed by atoms with E-state index in [2.05, 4.69) is 5.32 Å². The average molecular weight is 191 g/mol. The fourth-order valence-electron chi connectivity index (χ4n) is 1.61. The smallest absolute Gasteiger partial charge is 0.137 e. The maximum Gasteiger partial charge on any atom is 0.137 e. The van der Waals surface area contributed by atoms with E-state index in [1.165, 1.54) is 5.56 Å². The average Bonchev–Trinajstić information content (AvgIpc) is 2.16. The molecule has 76 valence electrons. The largest absolute Gasteiger partial charge is 0.388 e. The Kier molecular flexibility index (Phi) is 3.28. The second kappa shape index (κ2) is 4.27. The van der Waals surface area contributed by atoms with Gasteiger partial charge in [0.1, 0.15) is 5.78 Å². The third-order valence-corrected chi connectivity index (χ3v) is 2.63. The van der Waals surface area contributed by atoms with Gasteiger partial charge in [-0.05, 0) is 25.0 Å². The highest BCUT2D eigenvalue weighted by atomic mass is 16.1. The lowest BCUT2D eigenvalue weighted by atomic mass is 9.94. The van der Waals surface area contributed by atoms with Gasteiger partial charge in [0.2, 0.25) is 0 Å². The first-order valence-corrected chi connectivity index (χ1v) is 4.85. The summed E-state index contributed by atoms with van der Waals surface area (Å²) < 4.78 is 0. The Hall–Kier alpha value is -1.31. The van der Waals surface area contributed by atoms with Crippen LogP contribution in [0.25, 0.3) is 0 Å². The molecule has 1 atom stereocenters. The number of carbonyl (C=O) groups excluding carboxylic acids is 1. The lowest BCUT2D eigenvalue weighted by Crippen LogP contribution is -2.08. The van der Waals surface area contributed by atoms with Crippen LogP contribution < -0.4 is 5.32 Å². The number of para-hydroxylation sites is 1. The van der Waals surface area contributed by atoms with Crippen molar-refractivity contribution in [1.82, 2.24) is 0 Å². The van der Waals surface area contributed by atoms with E-state index in [0.717, 1.165) is 11.3 Å². The van der Waals surface area contributed by atoms with Crippen LogP contribution in [0.15, 0.2) is 18.2 Å². The molecule has 0 aliphatic rings. The summed E-state index contributed by atoms with van der Waals surface area (Å²) in [6.45, 7) is 5.62. The van der Waals surface area contributed by atoms with Crippen LogP contribution in [0.4, 0.5) is 5.69 Å². The molecule has 1 unspecified atom stereocenters. The first kappa shape index (κ1) is 10.8. The molecule has 2 nitrogen and oxygen atoms in total. The van der Waals surface area contributed by atoms with Crippen LogP contribution >= 0.6 is 0 Å². The molecule has 1 rings (SSSR count). The standard InChI is InChI=1S/C12H17NO/c1-8-6-5-7-11(12(8)13-4)9(2)10(3)14/h5-7,9,13H,1-4H3. The molecular weight excluding hydrogens is 174 g/mol. The van der Waals surface area contributed by atoms with Gasteiger partial charge in [0, 0.05) is 18.7 Å². The molecule has 0 aliphatic carbocycles. The lowest BCUT2D eigenvalue weighted by Gasteiger charge is -2.15. The number of Topliss-reactive ketones (excluding diaryl/α,β-unsaturated/α-hetero) is 1. The number of rotatable bonds is 3. The van der Waals surface area contributed by atoms with Crippen molar-refractivity contribution in [2.75, 3.05) is 12.4 Å². The Bertz CT molecular complexity index is 344. The Morgan fingerprint density at radius 1 is 1.43 bits per heavy atom. The van der Waals surface area contributed by atoms with Gasteiger partial charge in [0.05, 0.1) is 0 Å². The summed E-state index contributed by atoms with van der Waals surface area (Å²) >= 11 is 0. The summed E-state index contributed by atoms with van der Waals surface area (Å²) in [6, 6.07) is 6.04. The van der Waals surface area contributed by atoms with Gasteiger partial charge in [0.25, 0.3) is 0 Å². The van der Waals surface area contributed by atoms with Crippen LogP contribution in [0.5, 0.6) is 0 Å². The molecule has 0 saturated heterocycles. The van der Waals surface area contributed by atoms with Crippen molar-refractivity contribution >= 4 is 11.5 Å². The second-order valence-electron chi connectivity index (χ2n) is 3.62. The lowest BCUT2D eigenvalue weighted by molar-refractivity contribution is -0.118. The van der Waals surface area contributed by atoms with E-state index in [-0.39, 0.29) is 11.7 Å². The Labute approximate surface area is 85.3 Å². The van der Waals surface area contributed by atoms with E-state index in [0.29, 0.717) is 0 Å². The zero-order valence-electron chi connectivity index (χ0n) is 9.22. The van der Waals surface area contributed by atoms with Crippen LogP contribution in [0.2, 0.25) is 0 Å². The van der Waals surface area contributed by atoms with Crippen LogP contribution in [0.1, 0.15) is 30.9 Å². The van der Waals surface area contributed by atoms with Gasteiger partial charge in [-0.3, -0.25) is 4.79 Å². The van der Waals surface area contributed by atoms with Crippen molar-refractivity contribution in [1.29, 1.82) is 0 Å². The predicted octanol–water partition coefficient (Wildman–Crippen LogP) is 2.73. The molecule has 0 aromatic heterocycles. The van der Waals surface area contributed by atoms with Gasteiger partial charge in [-0.15, -0.1) is 0 Å².